The number of aromatic nitrogens is 4. The normalized spacial score (nSPS) is 12.2. The number of aromatic amines is 2. The summed E-state index contributed by atoms with van der Waals surface area (Å²) in [6.45, 7) is 0. The zero-order valence-corrected chi connectivity index (χ0v) is 18.4. The molecular weight excluding hydrogens is 442 g/mol. The van der Waals surface area contributed by atoms with Crippen LogP contribution in [0.5, 0.6) is 0 Å². The molecule has 2 aliphatic heterocycles. The van der Waals surface area contributed by atoms with Gasteiger partial charge in [0.1, 0.15) is 0 Å². The van der Waals surface area contributed by atoms with E-state index in [1.165, 1.54) is 0 Å². The molecule has 0 saturated heterocycles. The number of fused-ring (bicyclic) bond motifs is 8. The summed E-state index contributed by atoms with van der Waals surface area (Å²) >= 11 is 3.69. The van der Waals surface area contributed by atoms with Crippen LogP contribution in [0, 0.1) is 0 Å². The summed E-state index contributed by atoms with van der Waals surface area (Å²) in [6, 6.07) is 14.3. The van der Waals surface area contributed by atoms with E-state index in [1.54, 1.807) is 0 Å². The fourth-order valence-electron chi connectivity index (χ4n) is 2.97. The van der Waals surface area contributed by atoms with Crippen LogP contribution in [0.4, 0.5) is 0 Å². The van der Waals surface area contributed by atoms with Gasteiger partial charge in [-0.05, 0) is 82.7 Å². The van der Waals surface area contributed by atoms with Gasteiger partial charge in [-0.25, -0.2) is 9.97 Å². The SMILES string of the molecule is Brc1c2ccc(cc3nc(cc4nc(cc5ccc1[nH]5)C=C4)C=C3)[nH]2.[Zn+2]. The Morgan fingerprint density at radius 1 is 0.615 bits per heavy atom. The number of nitrogens with one attached hydrogen (secondary N) is 2. The van der Waals surface area contributed by atoms with Gasteiger partial charge in [0.25, 0.3) is 0 Å². The summed E-state index contributed by atoms with van der Waals surface area (Å²) < 4.78 is 0.986. The van der Waals surface area contributed by atoms with Crippen LogP contribution in [0.3, 0.4) is 0 Å². The molecule has 8 bridgehead atoms. The van der Waals surface area contributed by atoms with Crippen LogP contribution >= 0.6 is 15.9 Å². The Morgan fingerprint density at radius 3 is 1.50 bits per heavy atom. The second-order valence-corrected chi connectivity index (χ2v) is 6.78. The summed E-state index contributed by atoms with van der Waals surface area (Å²) in [7, 11) is 0. The first-order chi connectivity index (χ1) is 12.2. The van der Waals surface area contributed by atoms with Crippen molar-refractivity contribution >= 4 is 62.3 Å². The molecule has 2 N–H and O–H groups in total. The molecule has 0 radical (unpaired) electrons. The van der Waals surface area contributed by atoms with Crippen LogP contribution in [0.2, 0.25) is 0 Å². The van der Waals surface area contributed by atoms with E-state index < -0.39 is 0 Å². The molecule has 0 atom stereocenters. The third kappa shape index (κ3) is 3.23. The minimum atomic E-state index is 0. The Balaban J connectivity index is 0.00000168. The van der Waals surface area contributed by atoms with E-state index >= 15 is 0 Å². The van der Waals surface area contributed by atoms with Crippen molar-refractivity contribution in [2.24, 2.45) is 0 Å². The monoisotopic (exact) mass is 452 g/mol. The second kappa shape index (κ2) is 6.78. The Kier molecular flexibility index (Phi) is 4.47. The molecule has 0 spiro atoms. The summed E-state index contributed by atoms with van der Waals surface area (Å²) in [5, 5.41) is 0. The molecule has 3 aromatic rings. The Bertz CT molecular complexity index is 1130. The standard InChI is InChI=1S/C20H13BrN4.Zn/c21-20-18-7-5-16(24-18)10-14-3-1-12(22-14)9-13-2-4-15(23-13)11-17-6-8-19(20)25-17;/h1-11,24-25H;/q;+2. The Hall–Kier alpha value is -2.30. The predicted octanol–water partition coefficient (Wildman–Crippen LogP) is 5.42. The molecule has 5 heterocycles. The maximum Gasteiger partial charge on any atom is 2.00 e. The molecular formula is C20H13BrN4Zn+2. The van der Waals surface area contributed by atoms with Gasteiger partial charge in [0, 0.05) is 11.0 Å². The van der Waals surface area contributed by atoms with Gasteiger partial charge < -0.3 is 9.97 Å². The maximum atomic E-state index is 4.63. The summed E-state index contributed by atoms with van der Waals surface area (Å²) in [5.41, 5.74) is 7.70. The van der Waals surface area contributed by atoms with Gasteiger partial charge in [0.05, 0.1) is 38.3 Å². The van der Waals surface area contributed by atoms with E-state index in [0.717, 1.165) is 49.3 Å². The van der Waals surface area contributed by atoms with Crippen LogP contribution in [-0.2, 0) is 19.5 Å². The average Bonchev–Trinajstić information content (AvgIpc) is 3.36. The van der Waals surface area contributed by atoms with E-state index in [-0.39, 0.29) is 19.5 Å². The van der Waals surface area contributed by atoms with Crippen LogP contribution in [0.1, 0.15) is 22.8 Å². The minimum absolute atomic E-state index is 0. The molecule has 3 aromatic heterocycles. The predicted molar refractivity (Wildman–Crippen MR) is 107 cm³/mol. The number of hydrogen-bond acceptors (Lipinski definition) is 2. The van der Waals surface area contributed by atoms with E-state index in [1.807, 2.05) is 54.6 Å². The largest absolute Gasteiger partial charge is 2.00 e. The maximum absolute atomic E-state index is 4.63. The van der Waals surface area contributed by atoms with Crippen LogP contribution in [0.15, 0.2) is 46.9 Å². The van der Waals surface area contributed by atoms with Crippen molar-refractivity contribution in [3.63, 3.8) is 0 Å². The van der Waals surface area contributed by atoms with Gasteiger partial charge in [-0.1, -0.05) is 0 Å². The fourth-order valence-corrected chi connectivity index (χ4v) is 3.44. The van der Waals surface area contributed by atoms with E-state index in [0.29, 0.717) is 0 Å². The third-order valence-corrected chi connectivity index (χ3v) is 5.01. The first-order valence-corrected chi connectivity index (χ1v) is 8.75. The number of rotatable bonds is 0. The number of hydrogen-bond donors (Lipinski definition) is 2. The van der Waals surface area contributed by atoms with Crippen molar-refractivity contribution in [3.8, 4) is 0 Å². The summed E-state index contributed by atoms with van der Waals surface area (Å²) in [4.78, 5) is 16.1. The molecule has 26 heavy (non-hydrogen) atoms. The summed E-state index contributed by atoms with van der Waals surface area (Å²) in [5.74, 6) is 0. The van der Waals surface area contributed by atoms with Crippen molar-refractivity contribution in [1.82, 2.24) is 19.9 Å². The zero-order valence-electron chi connectivity index (χ0n) is 13.8. The van der Waals surface area contributed by atoms with Crippen molar-refractivity contribution in [1.29, 1.82) is 0 Å². The first kappa shape index (κ1) is 17.1. The molecule has 4 nitrogen and oxygen atoms in total. The Labute approximate surface area is 171 Å². The smallest absolute Gasteiger partial charge is 0.354 e. The number of halogens is 1. The zero-order chi connectivity index (χ0) is 16.8. The van der Waals surface area contributed by atoms with Gasteiger partial charge in [0.2, 0.25) is 0 Å². The van der Waals surface area contributed by atoms with E-state index in [2.05, 4.69) is 48.0 Å². The molecule has 6 heteroatoms. The molecule has 120 valence electrons. The molecule has 5 rings (SSSR count). The fraction of sp³-hybridized carbons (Fsp3) is 0. The molecule has 0 amide bonds. The first-order valence-electron chi connectivity index (χ1n) is 7.96. The van der Waals surface area contributed by atoms with Gasteiger partial charge in [-0.3, -0.25) is 0 Å². The molecule has 0 saturated carbocycles. The van der Waals surface area contributed by atoms with Crippen molar-refractivity contribution in [2.75, 3.05) is 0 Å². The molecule has 2 aliphatic rings. The number of H-pyrrole nitrogens is 2. The van der Waals surface area contributed by atoms with Gasteiger partial charge in [-0.2, -0.15) is 0 Å². The van der Waals surface area contributed by atoms with E-state index in [4.69, 9.17) is 0 Å². The topological polar surface area (TPSA) is 57.4 Å². The minimum Gasteiger partial charge on any atom is -0.354 e. The second-order valence-electron chi connectivity index (χ2n) is 5.99. The third-order valence-electron chi connectivity index (χ3n) is 4.16. The molecule has 0 unspecified atom stereocenters. The van der Waals surface area contributed by atoms with Gasteiger partial charge in [0.15, 0.2) is 0 Å². The molecule has 0 aliphatic carbocycles. The average molecular weight is 455 g/mol. The quantitative estimate of drug-likeness (QED) is 0.307. The van der Waals surface area contributed by atoms with Crippen LogP contribution in [-0.4, -0.2) is 19.9 Å². The summed E-state index contributed by atoms with van der Waals surface area (Å²) in [6.07, 6.45) is 8.03. The van der Waals surface area contributed by atoms with Crippen LogP contribution in [0.25, 0.3) is 46.4 Å². The van der Waals surface area contributed by atoms with Gasteiger partial charge >= 0.3 is 19.5 Å². The number of nitrogens with zero attached hydrogens (tertiary/aromatic N) is 2. The van der Waals surface area contributed by atoms with Crippen molar-refractivity contribution < 1.29 is 19.5 Å². The van der Waals surface area contributed by atoms with Crippen LogP contribution < -0.4 is 0 Å². The molecule has 0 aromatic carbocycles. The van der Waals surface area contributed by atoms with E-state index in [9.17, 15) is 0 Å². The molecule has 0 fully saturated rings. The van der Waals surface area contributed by atoms with Crippen molar-refractivity contribution in [2.45, 2.75) is 0 Å². The van der Waals surface area contributed by atoms with Crippen molar-refractivity contribution in [3.05, 3.63) is 69.7 Å². The Morgan fingerprint density at radius 2 is 1.04 bits per heavy atom. The van der Waals surface area contributed by atoms with Gasteiger partial charge in [-0.15, -0.1) is 0 Å².